The highest BCUT2D eigenvalue weighted by Gasteiger charge is 2.10. The molecule has 0 aliphatic carbocycles. The van der Waals surface area contributed by atoms with Gasteiger partial charge in [0.15, 0.2) is 0 Å². The molecule has 4 aromatic carbocycles. The van der Waals surface area contributed by atoms with Gasteiger partial charge in [0, 0.05) is 25.6 Å². The summed E-state index contributed by atoms with van der Waals surface area (Å²) in [6, 6.07) is 32.6. The number of fused-ring (bicyclic) bond motifs is 2. The molecule has 1 heterocycles. The molecular formula is C32H31N3O2. The highest BCUT2D eigenvalue weighted by atomic mass is 16.5. The number of rotatable bonds is 11. The first kappa shape index (κ1) is 24.3. The fourth-order valence-electron chi connectivity index (χ4n) is 4.49. The summed E-state index contributed by atoms with van der Waals surface area (Å²) < 4.78 is 8.34. The molecule has 0 bridgehead atoms. The van der Waals surface area contributed by atoms with Crippen molar-refractivity contribution in [2.75, 3.05) is 13.2 Å². The average Bonchev–Trinajstić information content (AvgIpc) is 3.30. The largest absolute Gasteiger partial charge is 0.494 e. The van der Waals surface area contributed by atoms with Crippen molar-refractivity contribution in [2.24, 2.45) is 0 Å². The number of ether oxygens (including phenoxy) is 1. The number of aryl methyl sites for hydroxylation is 2. The van der Waals surface area contributed by atoms with E-state index < -0.39 is 0 Å². The smallest absolute Gasteiger partial charge is 0.243 e. The molecule has 5 nitrogen and oxygen atoms in total. The van der Waals surface area contributed by atoms with Crippen LogP contribution in [0.4, 0.5) is 0 Å². The van der Waals surface area contributed by atoms with Crippen molar-refractivity contribution in [3.8, 4) is 5.75 Å². The molecule has 1 amide bonds. The van der Waals surface area contributed by atoms with Crippen molar-refractivity contribution in [2.45, 2.75) is 25.8 Å². The maximum Gasteiger partial charge on any atom is 0.243 e. The first-order chi connectivity index (χ1) is 18.3. The molecule has 1 aromatic heterocycles. The van der Waals surface area contributed by atoms with E-state index in [9.17, 15) is 4.79 Å². The lowest BCUT2D eigenvalue weighted by molar-refractivity contribution is -0.116. The van der Waals surface area contributed by atoms with Crippen molar-refractivity contribution in [3.63, 3.8) is 0 Å². The molecule has 0 fully saturated rings. The maximum absolute atomic E-state index is 12.2. The Balaban J connectivity index is 1.14. The zero-order chi connectivity index (χ0) is 25.3. The van der Waals surface area contributed by atoms with Crippen LogP contribution in [0.5, 0.6) is 5.75 Å². The maximum atomic E-state index is 12.2. The predicted octanol–water partition coefficient (Wildman–Crippen LogP) is 6.42. The van der Waals surface area contributed by atoms with E-state index in [0.29, 0.717) is 13.2 Å². The van der Waals surface area contributed by atoms with Crippen molar-refractivity contribution >= 4 is 33.8 Å². The SMILES string of the molecule is O=C(/C=C/c1ccccc1)NCCCc1nc2ccccc2n1CCCOc1ccc2ccccc2c1. The highest BCUT2D eigenvalue weighted by Crippen LogP contribution is 2.21. The van der Waals surface area contributed by atoms with Crippen LogP contribution in [0.25, 0.3) is 27.9 Å². The Bertz CT molecular complexity index is 1500. The number of benzene rings is 4. The summed E-state index contributed by atoms with van der Waals surface area (Å²) in [4.78, 5) is 17.0. The second kappa shape index (κ2) is 12.0. The fourth-order valence-corrected chi connectivity index (χ4v) is 4.49. The van der Waals surface area contributed by atoms with Crippen molar-refractivity contribution in [1.29, 1.82) is 0 Å². The van der Waals surface area contributed by atoms with Gasteiger partial charge in [0.1, 0.15) is 11.6 Å². The first-order valence-corrected chi connectivity index (χ1v) is 12.8. The molecular weight excluding hydrogens is 458 g/mol. The van der Waals surface area contributed by atoms with Crippen LogP contribution in [0.15, 0.2) is 103 Å². The lowest BCUT2D eigenvalue weighted by Gasteiger charge is -2.11. The molecule has 0 saturated heterocycles. The molecule has 5 rings (SSSR count). The third-order valence-electron chi connectivity index (χ3n) is 6.35. The number of para-hydroxylation sites is 2. The van der Waals surface area contributed by atoms with Gasteiger partial charge in [-0.05, 0) is 59.5 Å². The molecule has 0 spiro atoms. The van der Waals surface area contributed by atoms with E-state index in [-0.39, 0.29) is 5.91 Å². The number of nitrogens with zero attached hydrogens (tertiary/aromatic N) is 2. The van der Waals surface area contributed by atoms with Crippen LogP contribution >= 0.6 is 0 Å². The minimum Gasteiger partial charge on any atom is -0.494 e. The fraction of sp³-hybridized carbons (Fsp3) is 0.188. The number of aromatic nitrogens is 2. The highest BCUT2D eigenvalue weighted by molar-refractivity contribution is 5.91. The summed E-state index contributed by atoms with van der Waals surface area (Å²) in [5.74, 6) is 1.86. The predicted molar refractivity (Wildman–Crippen MR) is 151 cm³/mol. The van der Waals surface area contributed by atoms with Gasteiger partial charge < -0.3 is 14.6 Å². The Labute approximate surface area is 217 Å². The van der Waals surface area contributed by atoms with Gasteiger partial charge in [-0.15, -0.1) is 0 Å². The Morgan fingerprint density at radius 2 is 1.65 bits per heavy atom. The monoisotopic (exact) mass is 489 g/mol. The van der Waals surface area contributed by atoms with Crippen molar-refractivity contribution in [3.05, 3.63) is 115 Å². The van der Waals surface area contributed by atoms with Crippen LogP contribution in [0.3, 0.4) is 0 Å². The summed E-state index contributed by atoms with van der Waals surface area (Å²) >= 11 is 0. The van der Waals surface area contributed by atoms with Gasteiger partial charge >= 0.3 is 0 Å². The van der Waals surface area contributed by atoms with E-state index in [1.807, 2.05) is 60.7 Å². The van der Waals surface area contributed by atoms with E-state index >= 15 is 0 Å². The topological polar surface area (TPSA) is 56.2 Å². The van der Waals surface area contributed by atoms with E-state index in [1.54, 1.807) is 6.08 Å². The van der Waals surface area contributed by atoms with Crippen LogP contribution in [-0.2, 0) is 17.8 Å². The normalized spacial score (nSPS) is 11.4. The van der Waals surface area contributed by atoms with Crippen LogP contribution < -0.4 is 10.1 Å². The minimum absolute atomic E-state index is 0.0804. The summed E-state index contributed by atoms with van der Waals surface area (Å²) in [7, 11) is 0. The molecule has 37 heavy (non-hydrogen) atoms. The van der Waals surface area contributed by atoms with Crippen molar-refractivity contribution in [1.82, 2.24) is 14.9 Å². The Morgan fingerprint density at radius 1 is 0.865 bits per heavy atom. The summed E-state index contributed by atoms with van der Waals surface area (Å²) in [5, 5.41) is 5.38. The molecule has 0 radical (unpaired) electrons. The second-order valence-corrected chi connectivity index (χ2v) is 9.02. The van der Waals surface area contributed by atoms with Gasteiger partial charge in [0.25, 0.3) is 0 Å². The Morgan fingerprint density at radius 3 is 2.54 bits per heavy atom. The minimum atomic E-state index is -0.0804. The number of hydrogen-bond donors (Lipinski definition) is 1. The second-order valence-electron chi connectivity index (χ2n) is 9.02. The molecule has 1 N–H and O–H groups in total. The van der Waals surface area contributed by atoms with Gasteiger partial charge in [-0.3, -0.25) is 4.79 Å². The van der Waals surface area contributed by atoms with Gasteiger partial charge in [0.2, 0.25) is 5.91 Å². The summed E-state index contributed by atoms with van der Waals surface area (Å²) in [6.45, 7) is 2.07. The van der Waals surface area contributed by atoms with Gasteiger partial charge in [0.05, 0.1) is 17.6 Å². The van der Waals surface area contributed by atoms with E-state index in [2.05, 4.69) is 52.3 Å². The first-order valence-electron chi connectivity index (χ1n) is 12.8. The molecule has 0 saturated carbocycles. The Hall–Kier alpha value is -4.38. The molecule has 0 aliphatic rings. The van der Waals surface area contributed by atoms with E-state index in [4.69, 9.17) is 9.72 Å². The van der Waals surface area contributed by atoms with Gasteiger partial charge in [-0.25, -0.2) is 4.98 Å². The molecule has 5 heteroatoms. The number of carbonyl (C=O) groups excluding carboxylic acids is 1. The van der Waals surface area contributed by atoms with Crippen molar-refractivity contribution < 1.29 is 9.53 Å². The Kier molecular flexibility index (Phi) is 7.91. The van der Waals surface area contributed by atoms with E-state index in [1.165, 1.54) is 10.8 Å². The van der Waals surface area contributed by atoms with Crippen LogP contribution in [-0.4, -0.2) is 28.6 Å². The third kappa shape index (κ3) is 6.44. The zero-order valence-corrected chi connectivity index (χ0v) is 20.8. The molecule has 0 unspecified atom stereocenters. The summed E-state index contributed by atoms with van der Waals surface area (Å²) in [5.41, 5.74) is 3.15. The number of carbonyl (C=O) groups is 1. The number of amides is 1. The standard InChI is InChI=1S/C32H31N3O2/c36-32(20-17-25-10-2-1-3-11-25)33-21-8-16-31-34-29-14-6-7-15-30(29)35(31)22-9-23-37-28-19-18-26-12-4-5-13-27(26)24-28/h1-7,10-15,17-20,24H,8-9,16,21-23H2,(H,33,36)/b20-17+. The van der Waals surface area contributed by atoms with Crippen LogP contribution in [0, 0.1) is 0 Å². The van der Waals surface area contributed by atoms with Gasteiger partial charge in [-0.1, -0.05) is 72.8 Å². The molecule has 186 valence electrons. The number of imidazole rings is 1. The number of nitrogens with one attached hydrogen (secondary N) is 1. The quantitative estimate of drug-likeness (QED) is 0.172. The van der Waals surface area contributed by atoms with Crippen LogP contribution in [0.1, 0.15) is 24.2 Å². The molecule has 0 aliphatic heterocycles. The molecule has 5 aromatic rings. The lowest BCUT2D eigenvalue weighted by Crippen LogP contribution is -2.22. The van der Waals surface area contributed by atoms with Crippen LogP contribution in [0.2, 0.25) is 0 Å². The third-order valence-corrected chi connectivity index (χ3v) is 6.35. The number of hydrogen-bond acceptors (Lipinski definition) is 3. The average molecular weight is 490 g/mol. The zero-order valence-electron chi connectivity index (χ0n) is 20.8. The summed E-state index contributed by atoms with van der Waals surface area (Å²) in [6.07, 6.45) is 5.90. The van der Waals surface area contributed by atoms with E-state index in [0.717, 1.165) is 54.0 Å². The lowest BCUT2D eigenvalue weighted by atomic mass is 10.1. The molecule has 0 atom stereocenters. The van der Waals surface area contributed by atoms with Gasteiger partial charge in [-0.2, -0.15) is 0 Å².